The Bertz CT molecular complexity index is 497. The van der Waals surface area contributed by atoms with Crippen molar-refractivity contribution in [3.05, 3.63) is 28.8 Å². The summed E-state index contributed by atoms with van der Waals surface area (Å²) in [5.41, 5.74) is 0.805. The molecule has 0 saturated carbocycles. The Morgan fingerprint density at radius 1 is 1.33 bits per heavy atom. The van der Waals surface area contributed by atoms with Gasteiger partial charge in [0.1, 0.15) is 13.2 Å². The molecule has 96 valence electrons. The van der Waals surface area contributed by atoms with E-state index < -0.39 is 0 Å². The predicted octanol–water partition coefficient (Wildman–Crippen LogP) is 2.21. The number of rotatable bonds is 2. The number of hydrogen-bond acceptors (Lipinski definition) is 3. The molecule has 4 nitrogen and oxygen atoms in total. The Morgan fingerprint density at radius 3 is 2.78 bits per heavy atom. The van der Waals surface area contributed by atoms with Gasteiger partial charge < -0.3 is 14.4 Å². The number of amides is 1. The highest BCUT2D eigenvalue weighted by atomic mass is 35.5. The Morgan fingerprint density at radius 2 is 2.06 bits per heavy atom. The number of benzene rings is 1. The number of carbonyl (C=O) groups is 1. The van der Waals surface area contributed by atoms with E-state index in [1.807, 2.05) is 0 Å². The molecule has 1 amide bonds. The van der Waals surface area contributed by atoms with E-state index in [1.165, 1.54) is 11.0 Å². The zero-order valence-electron chi connectivity index (χ0n) is 10.3. The number of hydrogen-bond donors (Lipinski definition) is 0. The van der Waals surface area contributed by atoms with Crippen molar-refractivity contribution in [1.82, 2.24) is 4.90 Å². The number of fused-ring (bicyclic) bond motifs is 1. The molecule has 0 fully saturated rings. The average Bonchev–Trinajstić information content (AvgIpc) is 2.36. The smallest absolute Gasteiger partial charge is 0.246 e. The fraction of sp³-hybridized carbons (Fsp3) is 0.308. The van der Waals surface area contributed by atoms with Crippen LogP contribution in [0, 0.1) is 0 Å². The number of ether oxygens (including phenoxy) is 2. The summed E-state index contributed by atoms with van der Waals surface area (Å²) in [6.45, 7) is 1.01. The average molecular weight is 268 g/mol. The van der Waals surface area contributed by atoms with Gasteiger partial charge in [-0.25, -0.2) is 0 Å². The maximum absolute atomic E-state index is 11.4. The minimum atomic E-state index is -0.0824. The molecule has 0 aliphatic carbocycles. The Balaban J connectivity index is 2.25. The second-order valence-corrected chi connectivity index (χ2v) is 4.50. The SMILES string of the molecule is CN(C)C(=O)/C=C/c1cc(Cl)c2c(c1)OCCO2. The normalized spacial score (nSPS) is 13.7. The molecule has 1 aromatic carbocycles. The first-order chi connectivity index (χ1) is 8.58. The van der Waals surface area contributed by atoms with Crippen molar-refractivity contribution in [2.45, 2.75) is 0 Å². The summed E-state index contributed by atoms with van der Waals surface area (Å²) in [5, 5.41) is 0.490. The van der Waals surface area contributed by atoms with Gasteiger partial charge in [-0.15, -0.1) is 0 Å². The van der Waals surface area contributed by atoms with Crippen LogP contribution in [-0.4, -0.2) is 38.1 Å². The Hall–Kier alpha value is -1.68. The van der Waals surface area contributed by atoms with Crippen LogP contribution in [0.15, 0.2) is 18.2 Å². The molecule has 0 N–H and O–H groups in total. The minimum absolute atomic E-state index is 0.0824. The molecule has 1 heterocycles. The first-order valence-electron chi connectivity index (χ1n) is 5.56. The molecule has 5 heteroatoms. The topological polar surface area (TPSA) is 38.8 Å². The molecule has 0 atom stereocenters. The van der Waals surface area contributed by atoms with E-state index in [4.69, 9.17) is 21.1 Å². The summed E-state index contributed by atoms with van der Waals surface area (Å²) >= 11 is 6.09. The molecule has 0 spiro atoms. The number of carbonyl (C=O) groups excluding carboxylic acids is 1. The molecule has 0 aromatic heterocycles. The first-order valence-corrected chi connectivity index (χ1v) is 5.94. The van der Waals surface area contributed by atoms with E-state index in [-0.39, 0.29) is 5.91 Å². The van der Waals surface area contributed by atoms with Crippen LogP contribution in [0.3, 0.4) is 0 Å². The highest BCUT2D eigenvalue weighted by Crippen LogP contribution is 2.38. The second kappa shape index (κ2) is 5.31. The van der Waals surface area contributed by atoms with Gasteiger partial charge in [0.05, 0.1) is 5.02 Å². The van der Waals surface area contributed by atoms with Gasteiger partial charge in [0.2, 0.25) is 5.91 Å². The first kappa shape index (κ1) is 12.8. The second-order valence-electron chi connectivity index (χ2n) is 4.09. The van der Waals surface area contributed by atoms with Gasteiger partial charge in [0.15, 0.2) is 11.5 Å². The summed E-state index contributed by atoms with van der Waals surface area (Å²) in [6.07, 6.45) is 3.19. The lowest BCUT2D eigenvalue weighted by Crippen LogP contribution is -2.18. The van der Waals surface area contributed by atoms with Crippen LogP contribution in [0.1, 0.15) is 5.56 Å². The van der Waals surface area contributed by atoms with E-state index in [1.54, 1.807) is 32.3 Å². The Kier molecular flexibility index (Phi) is 3.77. The molecule has 2 rings (SSSR count). The summed E-state index contributed by atoms with van der Waals surface area (Å²) in [7, 11) is 3.40. The van der Waals surface area contributed by atoms with E-state index >= 15 is 0 Å². The van der Waals surface area contributed by atoms with Crippen LogP contribution in [-0.2, 0) is 4.79 Å². The fourth-order valence-corrected chi connectivity index (χ4v) is 1.82. The van der Waals surface area contributed by atoms with Gasteiger partial charge >= 0.3 is 0 Å². The molecule has 18 heavy (non-hydrogen) atoms. The monoisotopic (exact) mass is 267 g/mol. The van der Waals surface area contributed by atoms with E-state index in [2.05, 4.69) is 0 Å². The largest absolute Gasteiger partial charge is 0.486 e. The highest BCUT2D eigenvalue weighted by Gasteiger charge is 2.15. The van der Waals surface area contributed by atoms with Crippen LogP contribution in [0.4, 0.5) is 0 Å². The molecule has 1 aromatic rings. The van der Waals surface area contributed by atoms with E-state index in [0.29, 0.717) is 29.7 Å². The highest BCUT2D eigenvalue weighted by molar-refractivity contribution is 6.32. The molecule has 0 unspecified atom stereocenters. The van der Waals surface area contributed by atoms with Gasteiger partial charge in [0, 0.05) is 20.2 Å². The lowest BCUT2D eigenvalue weighted by Gasteiger charge is -2.19. The van der Waals surface area contributed by atoms with Crippen molar-refractivity contribution in [1.29, 1.82) is 0 Å². The summed E-state index contributed by atoms with van der Waals surface area (Å²) < 4.78 is 10.9. The van der Waals surface area contributed by atoms with Gasteiger partial charge in [-0.1, -0.05) is 11.6 Å². The van der Waals surface area contributed by atoms with Gasteiger partial charge in [-0.2, -0.15) is 0 Å². The molecule has 1 aliphatic rings. The van der Waals surface area contributed by atoms with Crippen LogP contribution in [0.2, 0.25) is 5.02 Å². The molecule has 0 saturated heterocycles. The van der Waals surface area contributed by atoms with Crippen molar-refractivity contribution in [3.8, 4) is 11.5 Å². The van der Waals surface area contributed by atoms with E-state index in [0.717, 1.165) is 5.56 Å². The summed E-state index contributed by atoms with van der Waals surface area (Å²) in [5.74, 6) is 1.10. The lowest BCUT2D eigenvalue weighted by molar-refractivity contribution is -0.123. The molecule has 0 bridgehead atoms. The van der Waals surface area contributed by atoms with Crippen LogP contribution in [0.5, 0.6) is 11.5 Å². The van der Waals surface area contributed by atoms with Gasteiger partial charge in [0.25, 0.3) is 0 Å². The molecular formula is C13H14ClNO3. The van der Waals surface area contributed by atoms with Crippen LogP contribution < -0.4 is 9.47 Å². The standard InChI is InChI=1S/C13H14ClNO3/c1-15(2)12(16)4-3-9-7-10(14)13-11(8-9)17-5-6-18-13/h3-4,7-8H,5-6H2,1-2H3/b4-3+. The predicted molar refractivity (Wildman–Crippen MR) is 70.2 cm³/mol. The third-order valence-corrected chi connectivity index (χ3v) is 2.76. The maximum Gasteiger partial charge on any atom is 0.246 e. The van der Waals surface area contributed by atoms with Gasteiger partial charge in [-0.3, -0.25) is 4.79 Å². The van der Waals surface area contributed by atoms with Crippen molar-refractivity contribution < 1.29 is 14.3 Å². The maximum atomic E-state index is 11.4. The zero-order valence-corrected chi connectivity index (χ0v) is 11.0. The summed E-state index contributed by atoms with van der Waals surface area (Å²) in [6, 6.07) is 3.55. The molecular weight excluding hydrogens is 254 g/mol. The molecule has 0 radical (unpaired) electrons. The van der Waals surface area contributed by atoms with E-state index in [9.17, 15) is 4.79 Å². The van der Waals surface area contributed by atoms with Crippen molar-refractivity contribution in [2.75, 3.05) is 27.3 Å². The number of nitrogens with zero attached hydrogens (tertiary/aromatic N) is 1. The Labute approximate surface area is 111 Å². The molecule has 1 aliphatic heterocycles. The lowest BCUT2D eigenvalue weighted by atomic mass is 10.1. The third-order valence-electron chi connectivity index (χ3n) is 2.48. The van der Waals surface area contributed by atoms with Crippen molar-refractivity contribution in [3.63, 3.8) is 0 Å². The van der Waals surface area contributed by atoms with Crippen LogP contribution in [0.25, 0.3) is 6.08 Å². The fourth-order valence-electron chi connectivity index (χ4n) is 1.54. The van der Waals surface area contributed by atoms with Crippen molar-refractivity contribution >= 4 is 23.6 Å². The van der Waals surface area contributed by atoms with Gasteiger partial charge in [-0.05, 0) is 23.8 Å². The zero-order chi connectivity index (χ0) is 13.1. The minimum Gasteiger partial charge on any atom is -0.486 e. The quantitative estimate of drug-likeness (QED) is 0.771. The van der Waals surface area contributed by atoms with Crippen molar-refractivity contribution in [2.24, 2.45) is 0 Å². The summed E-state index contributed by atoms with van der Waals surface area (Å²) in [4.78, 5) is 12.9. The third kappa shape index (κ3) is 2.76. The number of halogens is 1. The van der Waals surface area contributed by atoms with Crippen LogP contribution >= 0.6 is 11.6 Å². The number of likely N-dealkylation sites (N-methyl/N-ethyl adjacent to an activating group) is 1.